The van der Waals surface area contributed by atoms with E-state index < -0.39 is 5.92 Å². The quantitative estimate of drug-likeness (QED) is 0.638. The predicted octanol–water partition coefficient (Wildman–Crippen LogP) is 2.85. The van der Waals surface area contributed by atoms with E-state index >= 15 is 0 Å². The number of nitrogens with zero attached hydrogens (tertiary/aromatic N) is 2. The number of carbonyl (C=O) groups excluding carboxylic acids is 3. The van der Waals surface area contributed by atoms with Crippen LogP contribution in [-0.4, -0.2) is 66.9 Å². The smallest absolute Gasteiger partial charge is 0.251 e. The Labute approximate surface area is 186 Å². The van der Waals surface area contributed by atoms with Crippen molar-refractivity contribution in [1.29, 1.82) is 0 Å². The fourth-order valence-corrected chi connectivity index (χ4v) is 4.93. The molecule has 1 N–H and O–H groups in total. The SMILES string of the molecule is CCCCN1C(=O)C(CC(=O)NCC2CCCCC2)CC(C(=O)N2CCOCC2)=C1C. The fourth-order valence-electron chi connectivity index (χ4n) is 4.93. The third kappa shape index (κ3) is 6.31. The molecule has 1 saturated heterocycles. The third-order valence-corrected chi connectivity index (χ3v) is 6.94. The zero-order chi connectivity index (χ0) is 22.2. The van der Waals surface area contributed by atoms with Gasteiger partial charge in [-0.15, -0.1) is 0 Å². The maximum atomic E-state index is 13.2. The van der Waals surface area contributed by atoms with Crippen LogP contribution in [0.25, 0.3) is 0 Å². The van der Waals surface area contributed by atoms with Crippen molar-refractivity contribution in [1.82, 2.24) is 15.1 Å². The highest BCUT2D eigenvalue weighted by Gasteiger charge is 2.37. The Hall–Kier alpha value is -1.89. The Morgan fingerprint density at radius 2 is 1.84 bits per heavy atom. The van der Waals surface area contributed by atoms with E-state index in [-0.39, 0.29) is 24.1 Å². The normalized spacial score (nSPS) is 23.3. The Balaban J connectivity index is 1.67. The summed E-state index contributed by atoms with van der Waals surface area (Å²) in [6.45, 7) is 7.50. The molecule has 0 aromatic rings. The van der Waals surface area contributed by atoms with Crippen molar-refractivity contribution in [3.8, 4) is 0 Å². The third-order valence-electron chi connectivity index (χ3n) is 6.94. The second-order valence-corrected chi connectivity index (χ2v) is 9.23. The van der Waals surface area contributed by atoms with Crippen LogP contribution in [-0.2, 0) is 19.1 Å². The first-order valence-corrected chi connectivity index (χ1v) is 12.2. The molecule has 0 aromatic heterocycles. The summed E-state index contributed by atoms with van der Waals surface area (Å²) in [6.07, 6.45) is 8.47. The zero-order valence-electron chi connectivity index (χ0n) is 19.3. The average Bonchev–Trinajstić information content (AvgIpc) is 2.80. The van der Waals surface area contributed by atoms with Crippen molar-refractivity contribution in [2.24, 2.45) is 11.8 Å². The maximum Gasteiger partial charge on any atom is 0.251 e. The molecule has 1 atom stereocenters. The molecule has 1 aliphatic carbocycles. The molecule has 31 heavy (non-hydrogen) atoms. The van der Waals surface area contributed by atoms with Gasteiger partial charge in [0.15, 0.2) is 0 Å². The van der Waals surface area contributed by atoms with Crippen molar-refractivity contribution in [3.05, 3.63) is 11.3 Å². The summed E-state index contributed by atoms with van der Waals surface area (Å²) in [5, 5.41) is 3.06. The predicted molar refractivity (Wildman–Crippen MR) is 119 cm³/mol. The molecule has 1 saturated carbocycles. The summed E-state index contributed by atoms with van der Waals surface area (Å²) < 4.78 is 5.38. The highest BCUT2D eigenvalue weighted by Crippen LogP contribution is 2.31. The molecule has 3 rings (SSSR count). The summed E-state index contributed by atoms with van der Waals surface area (Å²) >= 11 is 0. The first kappa shape index (κ1) is 23.8. The fraction of sp³-hybridized carbons (Fsp3) is 0.792. The maximum absolute atomic E-state index is 13.2. The highest BCUT2D eigenvalue weighted by atomic mass is 16.5. The van der Waals surface area contributed by atoms with Crippen molar-refractivity contribution in [2.45, 2.75) is 71.6 Å². The van der Waals surface area contributed by atoms with Gasteiger partial charge in [-0.1, -0.05) is 32.6 Å². The minimum atomic E-state index is -0.466. The molecular weight excluding hydrogens is 394 g/mol. The lowest BCUT2D eigenvalue weighted by molar-refractivity contribution is -0.139. The van der Waals surface area contributed by atoms with E-state index in [1.165, 1.54) is 32.1 Å². The van der Waals surface area contributed by atoms with Crippen LogP contribution < -0.4 is 5.32 Å². The molecule has 0 radical (unpaired) electrons. The summed E-state index contributed by atoms with van der Waals surface area (Å²) in [4.78, 5) is 42.7. The van der Waals surface area contributed by atoms with E-state index in [1.54, 1.807) is 4.90 Å². The molecule has 1 unspecified atom stereocenters. The van der Waals surface area contributed by atoms with Crippen LogP contribution in [0.5, 0.6) is 0 Å². The standard InChI is InChI=1S/C24H39N3O4/c1-3-4-10-27-18(2)21(24(30)26-11-13-31-14-12-26)15-20(23(27)29)16-22(28)25-17-19-8-6-5-7-9-19/h19-20H,3-17H2,1-2H3,(H,25,28). The number of hydrogen-bond donors (Lipinski definition) is 1. The lowest BCUT2D eigenvalue weighted by atomic mass is 9.87. The Morgan fingerprint density at radius 1 is 1.13 bits per heavy atom. The van der Waals surface area contributed by atoms with Gasteiger partial charge in [0.1, 0.15) is 0 Å². The van der Waals surface area contributed by atoms with E-state index in [1.807, 2.05) is 11.8 Å². The number of rotatable bonds is 8. The molecule has 3 amide bonds. The van der Waals surface area contributed by atoms with Gasteiger partial charge in [-0.3, -0.25) is 14.4 Å². The van der Waals surface area contributed by atoms with Crippen LogP contribution in [0.4, 0.5) is 0 Å². The molecule has 2 fully saturated rings. The number of allylic oxidation sites excluding steroid dienone is 1. The highest BCUT2D eigenvalue weighted by molar-refractivity contribution is 5.98. The first-order chi connectivity index (χ1) is 15.0. The Bertz CT molecular complexity index is 678. The van der Waals surface area contributed by atoms with Gasteiger partial charge in [0.05, 0.1) is 19.1 Å². The van der Waals surface area contributed by atoms with E-state index in [2.05, 4.69) is 12.2 Å². The number of carbonyl (C=O) groups is 3. The molecule has 3 aliphatic rings. The minimum absolute atomic E-state index is 0.0117. The molecule has 0 aromatic carbocycles. The lowest BCUT2D eigenvalue weighted by Crippen LogP contribution is -2.47. The van der Waals surface area contributed by atoms with Crippen LogP contribution in [0.3, 0.4) is 0 Å². The largest absolute Gasteiger partial charge is 0.378 e. The van der Waals surface area contributed by atoms with Gasteiger partial charge in [-0.2, -0.15) is 0 Å². The van der Waals surface area contributed by atoms with Gasteiger partial charge in [0, 0.05) is 43.9 Å². The van der Waals surface area contributed by atoms with Gasteiger partial charge in [0.2, 0.25) is 11.8 Å². The van der Waals surface area contributed by atoms with Gasteiger partial charge >= 0.3 is 0 Å². The van der Waals surface area contributed by atoms with E-state index in [4.69, 9.17) is 4.74 Å². The molecule has 2 heterocycles. The second-order valence-electron chi connectivity index (χ2n) is 9.23. The Morgan fingerprint density at radius 3 is 2.52 bits per heavy atom. The number of hydrogen-bond acceptors (Lipinski definition) is 4. The summed E-state index contributed by atoms with van der Waals surface area (Å²) in [6, 6.07) is 0. The minimum Gasteiger partial charge on any atom is -0.378 e. The summed E-state index contributed by atoms with van der Waals surface area (Å²) in [7, 11) is 0. The number of amides is 3. The van der Waals surface area contributed by atoms with Crippen molar-refractivity contribution < 1.29 is 19.1 Å². The van der Waals surface area contributed by atoms with Crippen molar-refractivity contribution in [3.63, 3.8) is 0 Å². The van der Waals surface area contributed by atoms with E-state index in [9.17, 15) is 14.4 Å². The van der Waals surface area contributed by atoms with Crippen molar-refractivity contribution in [2.75, 3.05) is 39.4 Å². The molecule has 174 valence electrons. The second kappa shape index (κ2) is 11.7. The molecule has 0 spiro atoms. The van der Waals surface area contributed by atoms with Crippen LogP contribution in [0.1, 0.15) is 71.6 Å². The van der Waals surface area contributed by atoms with Gasteiger partial charge in [-0.25, -0.2) is 0 Å². The van der Waals surface area contributed by atoms with Gasteiger partial charge in [-0.05, 0) is 38.5 Å². The van der Waals surface area contributed by atoms with Gasteiger partial charge < -0.3 is 19.9 Å². The zero-order valence-corrected chi connectivity index (χ0v) is 19.3. The van der Waals surface area contributed by atoms with Crippen LogP contribution in [0, 0.1) is 11.8 Å². The van der Waals surface area contributed by atoms with Crippen LogP contribution >= 0.6 is 0 Å². The van der Waals surface area contributed by atoms with Gasteiger partial charge in [0.25, 0.3) is 5.91 Å². The first-order valence-electron chi connectivity index (χ1n) is 12.2. The molecule has 7 heteroatoms. The molecule has 2 aliphatic heterocycles. The monoisotopic (exact) mass is 433 g/mol. The Kier molecular flexibility index (Phi) is 8.93. The van der Waals surface area contributed by atoms with Crippen LogP contribution in [0.15, 0.2) is 11.3 Å². The molecular formula is C24H39N3O4. The number of unbranched alkanes of at least 4 members (excludes halogenated alkanes) is 1. The number of morpholine rings is 1. The number of nitrogens with one attached hydrogen (secondary N) is 1. The van der Waals surface area contributed by atoms with E-state index in [0.717, 1.165) is 18.5 Å². The van der Waals surface area contributed by atoms with E-state index in [0.29, 0.717) is 57.3 Å². The summed E-state index contributed by atoms with van der Waals surface area (Å²) in [5.74, 6) is -0.00916. The lowest BCUT2D eigenvalue weighted by Gasteiger charge is -2.37. The van der Waals surface area contributed by atoms with Crippen LogP contribution in [0.2, 0.25) is 0 Å². The summed E-state index contributed by atoms with van der Waals surface area (Å²) in [5.41, 5.74) is 1.44. The molecule has 7 nitrogen and oxygen atoms in total. The van der Waals surface area contributed by atoms with Crippen molar-refractivity contribution >= 4 is 17.7 Å². The topological polar surface area (TPSA) is 79.0 Å². The number of ether oxygens (including phenoxy) is 1. The average molecular weight is 434 g/mol. The molecule has 0 bridgehead atoms.